The van der Waals surface area contributed by atoms with Crippen molar-refractivity contribution in [2.75, 3.05) is 19.0 Å². The Labute approximate surface area is 168 Å². The molecule has 2 aromatic carbocycles. The number of rotatable bonds is 6. The third kappa shape index (κ3) is 4.47. The molecule has 1 aliphatic rings. The Bertz CT molecular complexity index is 995. The lowest BCUT2D eigenvalue weighted by Crippen LogP contribution is -2.45. The van der Waals surface area contributed by atoms with Crippen molar-refractivity contribution in [3.63, 3.8) is 0 Å². The summed E-state index contributed by atoms with van der Waals surface area (Å²) in [6, 6.07) is 14.9. The summed E-state index contributed by atoms with van der Waals surface area (Å²) in [5.41, 5.74) is 2.11. The van der Waals surface area contributed by atoms with Crippen LogP contribution in [-0.2, 0) is 4.79 Å². The fraction of sp³-hybridized carbons (Fsp3) is 0.190. The largest absolute Gasteiger partial charge is 0.493 e. The minimum atomic E-state index is -0.689. The Morgan fingerprint density at radius 3 is 2.66 bits per heavy atom. The number of ether oxygens (including phenoxy) is 2. The zero-order valence-corrected chi connectivity index (χ0v) is 16.0. The second-order valence-corrected chi connectivity index (χ2v) is 6.25. The van der Waals surface area contributed by atoms with Crippen LogP contribution < -0.4 is 25.4 Å². The molecule has 0 aliphatic carbocycles. The molecule has 3 N–H and O–H groups in total. The number of methoxy groups -OCH3 is 1. The summed E-state index contributed by atoms with van der Waals surface area (Å²) < 4.78 is 10.7. The Kier molecular flexibility index (Phi) is 6.00. The van der Waals surface area contributed by atoms with Gasteiger partial charge in [-0.2, -0.15) is 5.26 Å². The predicted molar refractivity (Wildman–Crippen MR) is 106 cm³/mol. The highest BCUT2D eigenvalue weighted by Crippen LogP contribution is 2.34. The SMILES string of the molecule is COc1cc([C@H]2NC(=O)NC(C)=C2C(=O)Nc2ccccc2)ccc1OCC#N. The molecule has 3 rings (SSSR count). The van der Waals surface area contributed by atoms with Crippen LogP contribution in [0.3, 0.4) is 0 Å². The Morgan fingerprint density at radius 2 is 1.97 bits per heavy atom. The highest BCUT2D eigenvalue weighted by Gasteiger charge is 2.31. The van der Waals surface area contributed by atoms with Gasteiger partial charge in [-0.05, 0) is 36.8 Å². The second kappa shape index (κ2) is 8.80. The topological polar surface area (TPSA) is 112 Å². The second-order valence-electron chi connectivity index (χ2n) is 6.25. The smallest absolute Gasteiger partial charge is 0.319 e. The van der Waals surface area contributed by atoms with E-state index >= 15 is 0 Å². The van der Waals surface area contributed by atoms with Crippen LogP contribution in [0.1, 0.15) is 18.5 Å². The third-order valence-electron chi connectivity index (χ3n) is 4.36. The van der Waals surface area contributed by atoms with Crippen LogP contribution in [0.25, 0.3) is 0 Å². The molecular formula is C21H20N4O4. The molecule has 1 aliphatic heterocycles. The van der Waals surface area contributed by atoms with Crippen LogP contribution in [0.5, 0.6) is 11.5 Å². The molecule has 8 nitrogen and oxygen atoms in total. The fourth-order valence-corrected chi connectivity index (χ4v) is 3.06. The van der Waals surface area contributed by atoms with Crippen molar-refractivity contribution in [3.05, 3.63) is 65.4 Å². The van der Waals surface area contributed by atoms with Gasteiger partial charge in [0, 0.05) is 11.4 Å². The summed E-state index contributed by atoms with van der Waals surface area (Å²) in [6.45, 7) is 1.55. The number of para-hydroxylation sites is 1. The average Bonchev–Trinajstić information content (AvgIpc) is 2.72. The Hall–Kier alpha value is -3.99. The van der Waals surface area contributed by atoms with Gasteiger partial charge in [-0.3, -0.25) is 4.79 Å². The van der Waals surface area contributed by atoms with E-state index in [1.807, 2.05) is 24.3 Å². The van der Waals surface area contributed by atoms with Gasteiger partial charge in [0.15, 0.2) is 18.1 Å². The minimum absolute atomic E-state index is 0.121. The van der Waals surface area contributed by atoms with Crippen molar-refractivity contribution in [2.45, 2.75) is 13.0 Å². The normalized spacial score (nSPS) is 15.6. The number of urea groups is 1. The number of nitrogens with one attached hydrogen (secondary N) is 3. The van der Waals surface area contributed by atoms with Crippen molar-refractivity contribution >= 4 is 17.6 Å². The number of nitriles is 1. The highest BCUT2D eigenvalue weighted by atomic mass is 16.5. The first-order valence-corrected chi connectivity index (χ1v) is 8.86. The standard InChI is InChI=1S/C21H20N4O4/c1-13-18(20(26)24-15-6-4-3-5-7-15)19(25-21(27)23-13)14-8-9-16(29-11-10-22)17(12-14)28-2/h3-9,12,19H,11H2,1-2H3,(H,24,26)(H2,23,25,27)/t19-/m1/s1. The van der Waals surface area contributed by atoms with E-state index in [0.717, 1.165) is 0 Å². The average molecular weight is 392 g/mol. The number of hydrogen-bond donors (Lipinski definition) is 3. The number of amides is 3. The number of anilines is 1. The molecule has 0 aromatic heterocycles. The van der Waals surface area contributed by atoms with Crippen molar-refractivity contribution in [1.82, 2.24) is 10.6 Å². The van der Waals surface area contributed by atoms with Crippen LogP contribution >= 0.6 is 0 Å². The van der Waals surface area contributed by atoms with E-state index in [9.17, 15) is 9.59 Å². The lowest BCUT2D eigenvalue weighted by Gasteiger charge is -2.29. The van der Waals surface area contributed by atoms with E-state index in [2.05, 4.69) is 16.0 Å². The molecule has 0 saturated carbocycles. The summed E-state index contributed by atoms with van der Waals surface area (Å²) in [5.74, 6) is 0.454. The summed E-state index contributed by atoms with van der Waals surface area (Å²) in [4.78, 5) is 25.0. The van der Waals surface area contributed by atoms with Gasteiger partial charge in [0.05, 0.1) is 18.7 Å². The van der Waals surface area contributed by atoms with Gasteiger partial charge in [0.2, 0.25) is 0 Å². The maximum absolute atomic E-state index is 13.0. The number of allylic oxidation sites excluding steroid dienone is 1. The van der Waals surface area contributed by atoms with Crippen molar-refractivity contribution < 1.29 is 19.1 Å². The van der Waals surface area contributed by atoms with E-state index in [0.29, 0.717) is 34.0 Å². The molecule has 0 saturated heterocycles. The molecule has 0 bridgehead atoms. The molecule has 0 spiro atoms. The maximum atomic E-state index is 13.0. The minimum Gasteiger partial charge on any atom is -0.493 e. The van der Waals surface area contributed by atoms with Gasteiger partial charge < -0.3 is 25.4 Å². The molecule has 0 unspecified atom stereocenters. The Morgan fingerprint density at radius 1 is 1.21 bits per heavy atom. The van der Waals surface area contributed by atoms with E-state index in [1.165, 1.54) is 7.11 Å². The van der Waals surface area contributed by atoms with Gasteiger partial charge in [-0.15, -0.1) is 0 Å². The van der Waals surface area contributed by atoms with Crippen molar-refractivity contribution in [2.24, 2.45) is 0 Å². The van der Waals surface area contributed by atoms with Crippen LogP contribution in [0.2, 0.25) is 0 Å². The molecule has 148 valence electrons. The Balaban J connectivity index is 1.95. The molecule has 1 atom stereocenters. The summed E-state index contributed by atoms with van der Waals surface area (Å²) in [7, 11) is 1.48. The van der Waals surface area contributed by atoms with Gasteiger partial charge >= 0.3 is 6.03 Å². The molecule has 0 fully saturated rings. The van der Waals surface area contributed by atoms with E-state index in [-0.39, 0.29) is 12.5 Å². The zero-order chi connectivity index (χ0) is 20.8. The summed E-state index contributed by atoms with van der Waals surface area (Å²) in [5, 5.41) is 17.0. The van der Waals surface area contributed by atoms with E-state index in [4.69, 9.17) is 14.7 Å². The number of carbonyl (C=O) groups is 2. The lowest BCUT2D eigenvalue weighted by atomic mass is 9.94. The summed E-state index contributed by atoms with van der Waals surface area (Å²) in [6.07, 6.45) is 0. The van der Waals surface area contributed by atoms with Gasteiger partial charge in [0.25, 0.3) is 5.91 Å². The number of nitrogens with zero attached hydrogens (tertiary/aromatic N) is 1. The summed E-state index contributed by atoms with van der Waals surface area (Å²) >= 11 is 0. The van der Waals surface area contributed by atoms with E-state index < -0.39 is 12.1 Å². The van der Waals surface area contributed by atoms with Gasteiger partial charge in [-0.1, -0.05) is 24.3 Å². The molecule has 0 radical (unpaired) electrons. The fourth-order valence-electron chi connectivity index (χ4n) is 3.06. The van der Waals surface area contributed by atoms with Crippen LogP contribution in [0, 0.1) is 11.3 Å². The molecule has 2 aromatic rings. The number of carbonyl (C=O) groups excluding carboxylic acids is 2. The first-order valence-electron chi connectivity index (χ1n) is 8.86. The van der Waals surface area contributed by atoms with Crippen LogP contribution in [-0.4, -0.2) is 25.7 Å². The predicted octanol–water partition coefficient (Wildman–Crippen LogP) is 2.86. The zero-order valence-electron chi connectivity index (χ0n) is 16.0. The number of hydrogen-bond acceptors (Lipinski definition) is 5. The van der Waals surface area contributed by atoms with E-state index in [1.54, 1.807) is 37.3 Å². The van der Waals surface area contributed by atoms with Crippen LogP contribution in [0.4, 0.5) is 10.5 Å². The molecule has 29 heavy (non-hydrogen) atoms. The molecule has 1 heterocycles. The third-order valence-corrected chi connectivity index (χ3v) is 4.36. The van der Waals surface area contributed by atoms with Crippen molar-refractivity contribution in [3.8, 4) is 17.6 Å². The maximum Gasteiger partial charge on any atom is 0.319 e. The number of benzene rings is 2. The molecule has 8 heteroatoms. The quantitative estimate of drug-likeness (QED) is 0.700. The lowest BCUT2D eigenvalue weighted by molar-refractivity contribution is -0.113. The van der Waals surface area contributed by atoms with Gasteiger partial charge in [0.1, 0.15) is 6.07 Å². The first-order chi connectivity index (χ1) is 14.0. The molecule has 3 amide bonds. The molecular weight excluding hydrogens is 372 g/mol. The van der Waals surface area contributed by atoms with Crippen molar-refractivity contribution in [1.29, 1.82) is 5.26 Å². The van der Waals surface area contributed by atoms with Crippen LogP contribution in [0.15, 0.2) is 59.8 Å². The highest BCUT2D eigenvalue weighted by molar-refractivity contribution is 6.06. The first kappa shape index (κ1) is 19.8. The van der Waals surface area contributed by atoms with Gasteiger partial charge in [-0.25, -0.2) is 4.79 Å². The monoisotopic (exact) mass is 392 g/mol.